The van der Waals surface area contributed by atoms with Gasteiger partial charge in [-0.25, -0.2) is 17.2 Å². The molecule has 9 heteroatoms. The molecule has 1 saturated heterocycles. The van der Waals surface area contributed by atoms with Crippen LogP contribution in [0.2, 0.25) is 0 Å². The van der Waals surface area contributed by atoms with Crippen molar-refractivity contribution in [1.82, 2.24) is 10.2 Å². The zero-order chi connectivity index (χ0) is 17.3. The van der Waals surface area contributed by atoms with Gasteiger partial charge in [-0.15, -0.1) is 12.4 Å². The van der Waals surface area contributed by atoms with E-state index in [0.717, 1.165) is 18.4 Å². The molecule has 0 unspecified atom stereocenters. The fourth-order valence-electron chi connectivity index (χ4n) is 2.91. The maximum Gasteiger partial charge on any atom is 0.244 e. The quantitative estimate of drug-likeness (QED) is 0.857. The van der Waals surface area contributed by atoms with E-state index in [0.29, 0.717) is 18.7 Å². The van der Waals surface area contributed by atoms with Crippen LogP contribution in [0.5, 0.6) is 0 Å². The van der Waals surface area contributed by atoms with Crippen LogP contribution in [0.25, 0.3) is 0 Å². The molecule has 0 aromatic heterocycles. The van der Waals surface area contributed by atoms with Gasteiger partial charge >= 0.3 is 0 Å². The van der Waals surface area contributed by atoms with Crippen molar-refractivity contribution in [2.24, 2.45) is 0 Å². The molecule has 1 N–H and O–H groups in total. The van der Waals surface area contributed by atoms with Gasteiger partial charge < -0.3 is 10.2 Å². The van der Waals surface area contributed by atoms with Crippen molar-refractivity contribution in [3.63, 3.8) is 0 Å². The molecule has 1 heterocycles. The number of piperidine rings is 1. The number of carbonyl (C=O) groups is 1. The second kappa shape index (κ2) is 7.76. The summed E-state index contributed by atoms with van der Waals surface area (Å²) in [6.07, 6.45) is 1.47. The molecule has 24 heavy (non-hydrogen) atoms. The minimum atomic E-state index is -3.60. The van der Waals surface area contributed by atoms with E-state index in [4.69, 9.17) is 0 Å². The third-order valence-electron chi connectivity index (χ3n) is 4.26. The fourth-order valence-corrected chi connectivity index (χ4v) is 4.32. The van der Waals surface area contributed by atoms with Crippen molar-refractivity contribution in [2.45, 2.75) is 24.1 Å². The summed E-state index contributed by atoms with van der Waals surface area (Å²) in [5.74, 6) is -2.47. The number of nitrogens with one attached hydrogen (secondary N) is 1. The summed E-state index contributed by atoms with van der Waals surface area (Å²) >= 11 is 0. The second-order valence-corrected chi connectivity index (χ2v) is 8.25. The van der Waals surface area contributed by atoms with Crippen LogP contribution in [0.4, 0.5) is 8.78 Å². The van der Waals surface area contributed by atoms with Crippen molar-refractivity contribution >= 4 is 28.2 Å². The topological polar surface area (TPSA) is 66.5 Å². The lowest BCUT2D eigenvalue weighted by Crippen LogP contribution is -2.57. The van der Waals surface area contributed by atoms with Crippen LogP contribution in [-0.2, 0) is 21.2 Å². The number of rotatable bonds is 4. The summed E-state index contributed by atoms with van der Waals surface area (Å²) in [5.41, 5.74) is 0.400. The average molecular weight is 383 g/mol. The Hall–Kier alpha value is -1.25. The van der Waals surface area contributed by atoms with Gasteiger partial charge in [-0.2, -0.15) is 0 Å². The zero-order valence-corrected chi connectivity index (χ0v) is 15.1. The monoisotopic (exact) mass is 382 g/mol. The fraction of sp³-hybridized carbons (Fsp3) is 0.533. The first-order valence-corrected chi connectivity index (χ1v) is 9.16. The summed E-state index contributed by atoms with van der Waals surface area (Å²) in [7, 11) is -2.13. The Balaban J connectivity index is 0.00000288. The number of amides is 1. The standard InChI is InChI=1S/C15H20F2N2O3S.ClH/c1-19(10-11-3-4-12(16)13(17)9-11)14(20)15(23(2,21)22)5-7-18-8-6-15;/h3-4,9,18H,5-8,10H2,1-2H3;1H. The largest absolute Gasteiger partial charge is 0.340 e. The lowest BCUT2D eigenvalue weighted by atomic mass is 9.95. The van der Waals surface area contributed by atoms with Gasteiger partial charge in [0.05, 0.1) is 0 Å². The third-order valence-corrected chi connectivity index (χ3v) is 6.26. The van der Waals surface area contributed by atoms with Crippen LogP contribution < -0.4 is 5.32 Å². The van der Waals surface area contributed by atoms with Gasteiger partial charge in [0.2, 0.25) is 5.91 Å². The smallest absolute Gasteiger partial charge is 0.244 e. The number of hydrogen-bond donors (Lipinski definition) is 1. The first-order chi connectivity index (χ1) is 10.7. The first-order valence-electron chi connectivity index (χ1n) is 7.27. The molecule has 0 saturated carbocycles. The van der Waals surface area contributed by atoms with Gasteiger partial charge in [0, 0.05) is 19.8 Å². The van der Waals surface area contributed by atoms with Crippen LogP contribution >= 0.6 is 12.4 Å². The van der Waals surface area contributed by atoms with Gasteiger partial charge in [-0.05, 0) is 43.6 Å². The Morgan fingerprint density at radius 1 is 1.25 bits per heavy atom. The lowest BCUT2D eigenvalue weighted by Gasteiger charge is -2.37. The molecule has 1 aliphatic heterocycles. The van der Waals surface area contributed by atoms with Gasteiger partial charge in [-0.3, -0.25) is 4.79 Å². The van der Waals surface area contributed by atoms with Crippen molar-refractivity contribution in [3.8, 4) is 0 Å². The maximum absolute atomic E-state index is 13.3. The summed E-state index contributed by atoms with van der Waals surface area (Å²) in [6, 6.07) is 3.37. The Morgan fingerprint density at radius 3 is 2.33 bits per heavy atom. The van der Waals surface area contributed by atoms with E-state index in [1.807, 2.05) is 0 Å². The molecule has 1 aromatic carbocycles. The molecular weight excluding hydrogens is 362 g/mol. The molecule has 136 valence electrons. The molecule has 1 fully saturated rings. The van der Waals surface area contributed by atoms with E-state index in [9.17, 15) is 22.0 Å². The number of sulfone groups is 1. The van der Waals surface area contributed by atoms with E-state index in [2.05, 4.69) is 5.32 Å². The van der Waals surface area contributed by atoms with Crippen LogP contribution in [-0.4, -0.2) is 50.4 Å². The molecule has 5 nitrogen and oxygen atoms in total. The van der Waals surface area contributed by atoms with E-state index < -0.39 is 32.1 Å². The minimum Gasteiger partial charge on any atom is -0.340 e. The van der Waals surface area contributed by atoms with E-state index in [1.54, 1.807) is 0 Å². The molecule has 0 spiro atoms. The molecule has 0 bridgehead atoms. The second-order valence-electron chi connectivity index (χ2n) is 5.93. The van der Waals surface area contributed by atoms with Crippen LogP contribution in [0.3, 0.4) is 0 Å². The summed E-state index contributed by atoms with van der Waals surface area (Å²) in [4.78, 5) is 14.0. The lowest BCUT2D eigenvalue weighted by molar-refractivity contribution is -0.134. The molecule has 1 amide bonds. The highest BCUT2D eigenvalue weighted by molar-refractivity contribution is 7.92. The molecule has 2 rings (SSSR count). The summed E-state index contributed by atoms with van der Waals surface area (Å²) < 4.78 is 49.2. The Kier molecular flexibility index (Phi) is 6.72. The summed E-state index contributed by atoms with van der Waals surface area (Å²) in [6.45, 7) is 0.899. The Labute approximate surface area is 146 Å². The van der Waals surface area contributed by atoms with Gasteiger partial charge in [-0.1, -0.05) is 6.07 Å². The van der Waals surface area contributed by atoms with E-state index >= 15 is 0 Å². The van der Waals surface area contributed by atoms with E-state index in [-0.39, 0.29) is 31.8 Å². The van der Waals surface area contributed by atoms with Gasteiger partial charge in [0.15, 0.2) is 26.2 Å². The third kappa shape index (κ3) is 4.04. The SMILES string of the molecule is CN(Cc1ccc(F)c(F)c1)C(=O)C1(S(C)(=O)=O)CCNCC1.Cl. The average Bonchev–Trinajstić information content (AvgIpc) is 2.49. The molecule has 1 aromatic rings. The molecule has 0 radical (unpaired) electrons. The van der Waals surface area contributed by atoms with Crippen LogP contribution in [0.15, 0.2) is 18.2 Å². The van der Waals surface area contributed by atoms with Crippen LogP contribution in [0, 0.1) is 11.6 Å². The normalized spacial score (nSPS) is 17.0. The van der Waals surface area contributed by atoms with Crippen molar-refractivity contribution in [3.05, 3.63) is 35.4 Å². The number of nitrogens with zero attached hydrogens (tertiary/aromatic N) is 1. The minimum absolute atomic E-state index is 0. The van der Waals surface area contributed by atoms with Crippen molar-refractivity contribution in [1.29, 1.82) is 0 Å². The maximum atomic E-state index is 13.3. The predicted molar refractivity (Wildman–Crippen MR) is 89.8 cm³/mol. The molecule has 0 atom stereocenters. The number of carbonyl (C=O) groups excluding carboxylic acids is 1. The molecule has 1 aliphatic rings. The summed E-state index contributed by atoms with van der Waals surface area (Å²) in [5, 5.41) is 3.04. The van der Waals surface area contributed by atoms with Gasteiger partial charge in [0.1, 0.15) is 0 Å². The first kappa shape index (κ1) is 20.8. The Morgan fingerprint density at radius 2 is 1.83 bits per heavy atom. The van der Waals surface area contributed by atoms with Crippen LogP contribution in [0.1, 0.15) is 18.4 Å². The van der Waals surface area contributed by atoms with Crippen molar-refractivity contribution < 1.29 is 22.0 Å². The number of hydrogen-bond acceptors (Lipinski definition) is 4. The zero-order valence-electron chi connectivity index (χ0n) is 13.5. The highest BCUT2D eigenvalue weighted by Crippen LogP contribution is 2.30. The highest BCUT2D eigenvalue weighted by Gasteiger charge is 2.49. The number of benzene rings is 1. The predicted octanol–water partition coefficient (Wildman–Crippen LogP) is 1.51. The number of halogens is 3. The van der Waals surface area contributed by atoms with Crippen molar-refractivity contribution in [2.75, 3.05) is 26.4 Å². The Bertz CT molecular complexity index is 707. The molecular formula is C15H21ClF2N2O3S. The van der Waals surface area contributed by atoms with Gasteiger partial charge in [0.25, 0.3) is 0 Å². The molecule has 0 aliphatic carbocycles. The highest BCUT2D eigenvalue weighted by atomic mass is 35.5. The van der Waals surface area contributed by atoms with E-state index in [1.165, 1.54) is 18.0 Å².